The van der Waals surface area contributed by atoms with E-state index in [1.54, 1.807) is 18.4 Å². The minimum atomic E-state index is 0.0471. The predicted octanol–water partition coefficient (Wildman–Crippen LogP) is 3.06. The summed E-state index contributed by atoms with van der Waals surface area (Å²) in [5.74, 6) is 1.94. The number of methoxy groups -OCH3 is 1. The van der Waals surface area contributed by atoms with Crippen molar-refractivity contribution in [2.75, 3.05) is 19.1 Å². The van der Waals surface area contributed by atoms with Gasteiger partial charge < -0.3 is 10.5 Å². The van der Waals surface area contributed by atoms with Gasteiger partial charge in [-0.1, -0.05) is 0 Å². The zero-order valence-corrected chi connectivity index (χ0v) is 11.6. The summed E-state index contributed by atoms with van der Waals surface area (Å²) in [6.45, 7) is 0. The van der Waals surface area contributed by atoms with Crippen molar-refractivity contribution in [3.63, 3.8) is 0 Å². The molecule has 0 bridgehead atoms. The molecule has 0 aliphatic rings. The second-order valence-corrected chi connectivity index (χ2v) is 5.82. The first-order valence-electron chi connectivity index (χ1n) is 5.43. The Hall–Kier alpha value is -0.780. The van der Waals surface area contributed by atoms with Crippen molar-refractivity contribution in [2.45, 2.75) is 12.5 Å². The lowest BCUT2D eigenvalue weighted by molar-refractivity contribution is 0.415. The Morgan fingerprint density at radius 2 is 2.35 bits per heavy atom. The van der Waals surface area contributed by atoms with Crippen LogP contribution in [0.4, 0.5) is 0 Å². The van der Waals surface area contributed by atoms with Gasteiger partial charge in [0, 0.05) is 0 Å². The molecule has 0 saturated heterocycles. The number of fused-ring (bicyclic) bond motifs is 1. The van der Waals surface area contributed by atoms with Crippen molar-refractivity contribution in [2.24, 2.45) is 5.73 Å². The molecule has 2 rings (SSSR count). The van der Waals surface area contributed by atoms with Crippen molar-refractivity contribution in [3.05, 3.63) is 23.2 Å². The van der Waals surface area contributed by atoms with E-state index in [1.807, 2.05) is 30.0 Å². The van der Waals surface area contributed by atoms with E-state index in [4.69, 9.17) is 10.5 Å². The van der Waals surface area contributed by atoms with Crippen LogP contribution in [0, 0.1) is 0 Å². The molecule has 1 unspecified atom stereocenters. The molecule has 1 atom stereocenters. The lowest BCUT2D eigenvalue weighted by atomic mass is 10.2. The van der Waals surface area contributed by atoms with Crippen LogP contribution in [0.15, 0.2) is 18.2 Å². The van der Waals surface area contributed by atoms with Crippen LogP contribution < -0.4 is 10.5 Å². The predicted molar refractivity (Wildman–Crippen MR) is 76.1 cm³/mol. The van der Waals surface area contributed by atoms with Crippen LogP contribution in [0.2, 0.25) is 0 Å². The molecule has 0 fully saturated rings. The number of nitrogens with two attached hydrogens (primary N) is 1. The fourth-order valence-corrected chi connectivity index (χ4v) is 3.10. The minimum Gasteiger partial charge on any atom is -0.497 e. The molecule has 2 aromatic rings. The van der Waals surface area contributed by atoms with E-state index in [0.717, 1.165) is 33.1 Å². The summed E-state index contributed by atoms with van der Waals surface area (Å²) in [6, 6.07) is 5.97. The highest BCUT2D eigenvalue weighted by molar-refractivity contribution is 7.98. The van der Waals surface area contributed by atoms with Crippen LogP contribution in [0.3, 0.4) is 0 Å². The summed E-state index contributed by atoms with van der Waals surface area (Å²) in [5, 5.41) is 1.02. The summed E-state index contributed by atoms with van der Waals surface area (Å²) in [7, 11) is 1.67. The summed E-state index contributed by atoms with van der Waals surface area (Å²) < 4.78 is 6.34. The van der Waals surface area contributed by atoms with Gasteiger partial charge >= 0.3 is 0 Å². The molecule has 0 aliphatic heterocycles. The molecule has 1 aromatic carbocycles. The normalized spacial score (nSPS) is 12.9. The van der Waals surface area contributed by atoms with Gasteiger partial charge in [0.2, 0.25) is 0 Å². The Kier molecular flexibility index (Phi) is 4.25. The topological polar surface area (TPSA) is 48.1 Å². The Morgan fingerprint density at radius 1 is 1.53 bits per heavy atom. The number of ether oxygens (including phenoxy) is 1. The van der Waals surface area contributed by atoms with Gasteiger partial charge in [0.25, 0.3) is 0 Å². The summed E-state index contributed by atoms with van der Waals surface area (Å²) in [4.78, 5) is 4.57. The van der Waals surface area contributed by atoms with E-state index in [1.165, 1.54) is 0 Å². The molecule has 92 valence electrons. The average molecular weight is 268 g/mol. The summed E-state index contributed by atoms with van der Waals surface area (Å²) in [5.41, 5.74) is 7.12. The summed E-state index contributed by atoms with van der Waals surface area (Å²) in [6.07, 6.45) is 3.06. The smallest absolute Gasteiger partial charge is 0.120 e. The fraction of sp³-hybridized carbons (Fsp3) is 0.417. The SMILES string of the molecule is COc1ccc2nc(C(N)CCSC)sc2c1. The molecule has 5 heteroatoms. The van der Waals surface area contributed by atoms with E-state index >= 15 is 0 Å². The molecule has 0 aliphatic carbocycles. The maximum Gasteiger partial charge on any atom is 0.120 e. The van der Waals surface area contributed by atoms with Crippen molar-refractivity contribution in [1.29, 1.82) is 0 Å². The molecular weight excluding hydrogens is 252 g/mol. The number of thioether (sulfide) groups is 1. The Morgan fingerprint density at radius 3 is 3.06 bits per heavy atom. The monoisotopic (exact) mass is 268 g/mol. The fourth-order valence-electron chi connectivity index (χ4n) is 1.58. The Balaban J connectivity index is 2.24. The molecular formula is C12H16N2OS2. The van der Waals surface area contributed by atoms with Crippen LogP contribution in [-0.4, -0.2) is 24.1 Å². The molecule has 1 aromatic heterocycles. The highest BCUT2D eigenvalue weighted by atomic mass is 32.2. The van der Waals surface area contributed by atoms with Gasteiger partial charge in [-0.2, -0.15) is 11.8 Å². The second kappa shape index (κ2) is 5.71. The van der Waals surface area contributed by atoms with E-state index in [9.17, 15) is 0 Å². The lowest BCUT2D eigenvalue weighted by Gasteiger charge is -2.05. The van der Waals surface area contributed by atoms with E-state index < -0.39 is 0 Å². The molecule has 0 radical (unpaired) electrons. The molecule has 3 nitrogen and oxygen atoms in total. The van der Waals surface area contributed by atoms with E-state index in [2.05, 4.69) is 11.2 Å². The Bertz CT molecular complexity index is 498. The van der Waals surface area contributed by atoms with E-state index in [-0.39, 0.29) is 6.04 Å². The van der Waals surface area contributed by atoms with Crippen LogP contribution in [-0.2, 0) is 0 Å². The van der Waals surface area contributed by atoms with Gasteiger partial charge in [-0.05, 0) is 36.6 Å². The standard InChI is InChI=1S/C12H16N2OS2/c1-15-8-3-4-10-11(7-8)17-12(14-10)9(13)5-6-16-2/h3-4,7,9H,5-6,13H2,1-2H3. The number of hydrogen-bond donors (Lipinski definition) is 1. The first kappa shape index (κ1) is 12.7. The zero-order valence-electron chi connectivity index (χ0n) is 9.97. The van der Waals surface area contributed by atoms with Gasteiger partial charge in [0.1, 0.15) is 10.8 Å². The maximum atomic E-state index is 6.12. The van der Waals surface area contributed by atoms with Gasteiger partial charge in [0.05, 0.1) is 23.4 Å². The number of nitrogens with zero attached hydrogens (tertiary/aromatic N) is 1. The van der Waals surface area contributed by atoms with Crippen LogP contribution >= 0.6 is 23.1 Å². The third kappa shape index (κ3) is 2.91. The maximum absolute atomic E-state index is 6.12. The molecule has 1 heterocycles. The molecule has 2 N–H and O–H groups in total. The van der Waals surface area contributed by atoms with Gasteiger partial charge in [0.15, 0.2) is 0 Å². The second-order valence-electron chi connectivity index (χ2n) is 3.77. The van der Waals surface area contributed by atoms with Gasteiger partial charge in [-0.3, -0.25) is 0 Å². The number of benzene rings is 1. The minimum absolute atomic E-state index is 0.0471. The summed E-state index contributed by atoms with van der Waals surface area (Å²) >= 11 is 3.47. The average Bonchev–Trinajstić information content (AvgIpc) is 2.78. The first-order valence-corrected chi connectivity index (χ1v) is 7.64. The zero-order chi connectivity index (χ0) is 12.3. The lowest BCUT2D eigenvalue weighted by Crippen LogP contribution is -2.10. The third-order valence-electron chi connectivity index (χ3n) is 2.56. The molecule has 0 amide bonds. The van der Waals surface area contributed by atoms with Gasteiger partial charge in [-0.15, -0.1) is 11.3 Å². The Labute approximate surface area is 109 Å². The quantitative estimate of drug-likeness (QED) is 0.905. The first-order chi connectivity index (χ1) is 8.24. The number of aromatic nitrogens is 1. The molecule has 0 spiro atoms. The van der Waals surface area contributed by atoms with E-state index in [0.29, 0.717) is 0 Å². The number of hydrogen-bond acceptors (Lipinski definition) is 5. The van der Waals surface area contributed by atoms with Crippen molar-refractivity contribution >= 4 is 33.3 Å². The molecule has 0 saturated carbocycles. The largest absolute Gasteiger partial charge is 0.497 e. The van der Waals surface area contributed by atoms with Gasteiger partial charge in [-0.25, -0.2) is 4.98 Å². The molecule has 17 heavy (non-hydrogen) atoms. The number of rotatable bonds is 5. The van der Waals surface area contributed by atoms with Crippen LogP contribution in [0.5, 0.6) is 5.75 Å². The van der Waals surface area contributed by atoms with Crippen LogP contribution in [0.1, 0.15) is 17.5 Å². The highest BCUT2D eigenvalue weighted by Crippen LogP contribution is 2.29. The van der Waals surface area contributed by atoms with Crippen molar-refractivity contribution in [1.82, 2.24) is 4.98 Å². The third-order valence-corrected chi connectivity index (χ3v) is 4.36. The van der Waals surface area contributed by atoms with Crippen molar-refractivity contribution in [3.8, 4) is 5.75 Å². The van der Waals surface area contributed by atoms with Crippen molar-refractivity contribution < 1.29 is 4.74 Å². The highest BCUT2D eigenvalue weighted by Gasteiger charge is 2.12. The van der Waals surface area contributed by atoms with Crippen LogP contribution in [0.25, 0.3) is 10.2 Å². The number of thiazole rings is 1.